The molecular weight excluding hydrogens is 252 g/mol. The molecule has 0 radical (unpaired) electrons. The van der Waals surface area contributed by atoms with Crippen LogP contribution in [0.15, 0.2) is 0 Å². The molecule has 5 heteroatoms. The molecule has 1 atom stereocenters. The highest BCUT2D eigenvalue weighted by Crippen LogP contribution is 2.39. The van der Waals surface area contributed by atoms with Gasteiger partial charge in [0.15, 0.2) is 0 Å². The quantitative estimate of drug-likeness (QED) is 0.682. The van der Waals surface area contributed by atoms with Crippen molar-refractivity contribution in [3.63, 3.8) is 0 Å². The second-order valence-electron chi connectivity index (χ2n) is 5.62. The number of aliphatic hydroxyl groups excluding tert-OH is 1. The molecule has 1 fully saturated rings. The Morgan fingerprint density at radius 1 is 1.30 bits per heavy atom. The van der Waals surface area contributed by atoms with E-state index < -0.39 is 0 Å². The Bertz CT molecular complexity index is 446. The zero-order valence-electron chi connectivity index (χ0n) is 12.7. The van der Waals surface area contributed by atoms with Crippen molar-refractivity contribution in [3.05, 3.63) is 11.4 Å². The highest BCUT2D eigenvalue weighted by Gasteiger charge is 2.28. The second-order valence-corrected chi connectivity index (χ2v) is 5.62. The molecule has 1 aromatic heterocycles. The summed E-state index contributed by atoms with van der Waals surface area (Å²) in [5, 5.41) is 15.7. The Labute approximate surface area is 121 Å². The van der Waals surface area contributed by atoms with Gasteiger partial charge in [-0.15, -0.1) is 0 Å². The van der Waals surface area contributed by atoms with Crippen LogP contribution < -0.4 is 10.6 Å². The van der Waals surface area contributed by atoms with E-state index in [2.05, 4.69) is 36.4 Å². The maximum absolute atomic E-state index is 8.91. The van der Waals surface area contributed by atoms with E-state index in [1.807, 2.05) is 0 Å². The zero-order chi connectivity index (χ0) is 14.5. The molecule has 1 aliphatic carbocycles. The van der Waals surface area contributed by atoms with Gasteiger partial charge in [-0.2, -0.15) is 0 Å². The van der Waals surface area contributed by atoms with Crippen LogP contribution in [0.3, 0.4) is 0 Å². The summed E-state index contributed by atoms with van der Waals surface area (Å²) in [5.74, 6) is 3.38. The maximum atomic E-state index is 8.91. The molecule has 0 aliphatic heterocycles. The van der Waals surface area contributed by atoms with E-state index in [0.717, 1.165) is 42.4 Å². The highest BCUT2D eigenvalue weighted by atomic mass is 16.2. The minimum absolute atomic E-state index is 0.241. The predicted octanol–water partition coefficient (Wildman–Crippen LogP) is 2.67. The maximum Gasteiger partial charge on any atom is 0.136 e. The van der Waals surface area contributed by atoms with Crippen LogP contribution in [0.1, 0.15) is 56.8 Å². The number of anilines is 2. The Balaban J connectivity index is 2.16. The normalized spacial score (nSPS) is 16.0. The first-order chi connectivity index (χ1) is 9.65. The predicted molar refractivity (Wildman–Crippen MR) is 82.3 cm³/mol. The minimum Gasteiger partial charge on any atom is -0.396 e. The van der Waals surface area contributed by atoms with Gasteiger partial charge in [-0.3, -0.25) is 0 Å². The molecule has 0 amide bonds. The fourth-order valence-electron chi connectivity index (χ4n) is 2.24. The van der Waals surface area contributed by atoms with Crippen LogP contribution in [-0.2, 0) is 0 Å². The fraction of sp³-hybridized carbons (Fsp3) is 0.733. The van der Waals surface area contributed by atoms with Crippen molar-refractivity contribution in [1.82, 2.24) is 9.97 Å². The number of nitrogens with one attached hydrogen (secondary N) is 2. The first-order valence-corrected chi connectivity index (χ1v) is 7.65. The molecule has 20 heavy (non-hydrogen) atoms. The summed E-state index contributed by atoms with van der Waals surface area (Å²) >= 11 is 0. The molecule has 3 N–H and O–H groups in total. The van der Waals surface area contributed by atoms with Gasteiger partial charge in [-0.25, -0.2) is 9.97 Å². The molecule has 1 heterocycles. The van der Waals surface area contributed by atoms with Crippen molar-refractivity contribution in [2.45, 2.75) is 58.4 Å². The van der Waals surface area contributed by atoms with Gasteiger partial charge in [0.05, 0.1) is 0 Å². The SMILES string of the molecule is CCNc1nc(C2CC2)nc(NC(C)CCCO)c1C. The number of hydrogen-bond donors (Lipinski definition) is 3. The number of rotatable bonds is 8. The molecule has 1 saturated carbocycles. The van der Waals surface area contributed by atoms with E-state index in [9.17, 15) is 0 Å². The van der Waals surface area contributed by atoms with Crippen molar-refractivity contribution < 1.29 is 5.11 Å². The lowest BCUT2D eigenvalue weighted by atomic mass is 10.2. The van der Waals surface area contributed by atoms with Gasteiger partial charge in [0.25, 0.3) is 0 Å². The van der Waals surface area contributed by atoms with Crippen molar-refractivity contribution in [2.24, 2.45) is 0 Å². The van der Waals surface area contributed by atoms with Gasteiger partial charge in [0, 0.05) is 30.7 Å². The molecule has 112 valence electrons. The van der Waals surface area contributed by atoms with Crippen molar-refractivity contribution in [3.8, 4) is 0 Å². The van der Waals surface area contributed by atoms with Gasteiger partial charge in [0.1, 0.15) is 17.5 Å². The van der Waals surface area contributed by atoms with E-state index in [4.69, 9.17) is 10.1 Å². The molecular formula is C15H26N4O. The standard InChI is InChI=1S/C15H26N4O/c1-4-16-13-11(3)14(17-10(2)6-5-9-20)19-15(18-13)12-7-8-12/h10,12,20H,4-9H2,1-3H3,(H2,16,17,18,19). The average molecular weight is 278 g/mol. The Morgan fingerprint density at radius 2 is 2.00 bits per heavy atom. The summed E-state index contributed by atoms with van der Waals surface area (Å²) in [4.78, 5) is 9.35. The summed E-state index contributed by atoms with van der Waals surface area (Å²) in [7, 11) is 0. The van der Waals surface area contributed by atoms with Gasteiger partial charge >= 0.3 is 0 Å². The molecule has 0 bridgehead atoms. The third-order valence-electron chi connectivity index (χ3n) is 3.63. The Kier molecular flexibility index (Phi) is 5.17. The molecule has 1 unspecified atom stereocenters. The van der Waals surface area contributed by atoms with Crippen LogP contribution in [0.4, 0.5) is 11.6 Å². The number of aromatic nitrogens is 2. The molecule has 5 nitrogen and oxygen atoms in total. The molecule has 1 aromatic rings. The van der Waals surface area contributed by atoms with E-state index in [1.165, 1.54) is 12.8 Å². The van der Waals surface area contributed by atoms with Crippen LogP contribution in [0, 0.1) is 6.92 Å². The lowest BCUT2D eigenvalue weighted by Gasteiger charge is -2.18. The van der Waals surface area contributed by atoms with Crippen LogP contribution in [0.5, 0.6) is 0 Å². The summed E-state index contributed by atoms with van der Waals surface area (Å²) in [5.41, 5.74) is 1.08. The van der Waals surface area contributed by atoms with Crippen molar-refractivity contribution >= 4 is 11.6 Å². The Hall–Kier alpha value is -1.36. The van der Waals surface area contributed by atoms with Gasteiger partial charge in [0.2, 0.25) is 0 Å². The highest BCUT2D eigenvalue weighted by molar-refractivity contribution is 5.58. The molecule has 0 aromatic carbocycles. The van der Waals surface area contributed by atoms with Gasteiger partial charge < -0.3 is 15.7 Å². The van der Waals surface area contributed by atoms with Crippen LogP contribution in [0.25, 0.3) is 0 Å². The van der Waals surface area contributed by atoms with E-state index in [-0.39, 0.29) is 6.61 Å². The van der Waals surface area contributed by atoms with Gasteiger partial charge in [-0.05, 0) is 46.5 Å². The topological polar surface area (TPSA) is 70.1 Å². The molecule has 0 spiro atoms. The third-order valence-corrected chi connectivity index (χ3v) is 3.63. The summed E-state index contributed by atoms with van der Waals surface area (Å²) in [6.07, 6.45) is 4.16. The monoisotopic (exact) mass is 278 g/mol. The molecule has 2 rings (SSSR count). The zero-order valence-corrected chi connectivity index (χ0v) is 12.7. The first kappa shape index (κ1) is 15.0. The number of aliphatic hydroxyl groups is 1. The minimum atomic E-state index is 0.241. The third kappa shape index (κ3) is 3.82. The van der Waals surface area contributed by atoms with E-state index in [1.54, 1.807) is 0 Å². The first-order valence-electron chi connectivity index (χ1n) is 7.65. The Morgan fingerprint density at radius 3 is 2.60 bits per heavy atom. The average Bonchev–Trinajstić information content (AvgIpc) is 3.25. The second kappa shape index (κ2) is 6.88. The van der Waals surface area contributed by atoms with E-state index in [0.29, 0.717) is 12.0 Å². The number of hydrogen-bond acceptors (Lipinski definition) is 5. The van der Waals surface area contributed by atoms with Crippen LogP contribution in [-0.4, -0.2) is 34.3 Å². The lowest BCUT2D eigenvalue weighted by molar-refractivity contribution is 0.282. The summed E-state index contributed by atoms with van der Waals surface area (Å²) in [6, 6.07) is 0.303. The van der Waals surface area contributed by atoms with Crippen molar-refractivity contribution in [1.29, 1.82) is 0 Å². The summed E-state index contributed by atoms with van der Waals surface area (Å²) < 4.78 is 0. The summed E-state index contributed by atoms with van der Waals surface area (Å²) in [6.45, 7) is 7.36. The molecule has 1 aliphatic rings. The number of nitrogens with zero attached hydrogens (tertiary/aromatic N) is 2. The van der Waals surface area contributed by atoms with Crippen LogP contribution in [0.2, 0.25) is 0 Å². The smallest absolute Gasteiger partial charge is 0.136 e. The fourth-order valence-corrected chi connectivity index (χ4v) is 2.24. The van der Waals surface area contributed by atoms with E-state index >= 15 is 0 Å². The largest absolute Gasteiger partial charge is 0.396 e. The molecule has 0 saturated heterocycles. The van der Waals surface area contributed by atoms with Crippen LogP contribution >= 0.6 is 0 Å². The van der Waals surface area contributed by atoms with Gasteiger partial charge in [-0.1, -0.05) is 0 Å². The lowest BCUT2D eigenvalue weighted by Crippen LogP contribution is -2.19. The van der Waals surface area contributed by atoms with Crippen molar-refractivity contribution in [2.75, 3.05) is 23.8 Å².